The Kier molecular flexibility index (Phi) is 4.46. The quantitative estimate of drug-likeness (QED) is 0.911. The summed E-state index contributed by atoms with van der Waals surface area (Å²) in [5, 5.41) is 10.6. The zero-order chi connectivity index (χ0) is 14.7. The van der Waals surface area contributed by atoms with E-state index in [0.717, 1.165) is 28.9 Å². The molecule has 0 saturated carbocycles. The minimum atomic E-state index is -0.657. The third kappa shape index (κ3) is 2.70. The van der Waals surface area contributed by atoms with E-state index in [2.05, 4.69) is 19.1 Å². The number of hydrogen-bond donors (Lipinski definition) is 1. The summed E-state index contributed by atoms with van der Waals surface area (Å²) >= 11 is 0. The molecule has 0 heterocycles. The molecule has 0 amide bonds. The van der Waals surface area contributed by atoms with Gasteiger partial charge in [0.1, 0.15) is 11.9 Å². The second-order valence-corrected chi connectivity index (χ2v) is 5.13. The van der Waals surface area contributed by atoms with E-state index in [1.807, 2.05) is 38.1 Å². The predicted octanol–water partition coefficient (Wildman–Crippen LogP) is 3.96. The Morgan fingerprint density at radius 2 is 1.70 bits per heavy atom. The molecule has 0 spiro atoms. The standard InChI is InChI=1S/C18H22O2/c1-5-14-7-9-15(10-8-14)17(19)16-11-6-12(2)13(3)18(16)20-4/h6-11,17,19H,5H2,1-4H3. The van der Waals surface area contributed by atoms with E-state index in [1.165, 1.54) is 11.1 Å². The van der Waals surface area contributed by atoms with Crippen LogP contribution in [0, 0.1) is 13.8 Å². The van der Waals surface area contributed by atoms with Gasteiger partial charge in [0.15, 0.2) is 0 Å². The summed E-state index contributed by atoms with van der Waals surface area (Å²) in [5.41, 5.74) is 5.23. The van der Waals surface area contributed by atoms with Crippen molar-refractivity contribution in [2.75, 3.05) is 7.11 Å². The fourth-order valence-corrected chi connectivity index (χ4v) is 2.41. The fourth-order valence-electron chi connectivity index (χ4n) is 2.41. The van der Waals surface area contributed by atoms with Gasteiger partial charge in [-0.05, 0) is 42.5 Å². The lowest BCUT2D eigenvalue weighted by atomic mass is 9.95. The second-order valence-electron chi connectivity index (χ2n) is 5.13. The van der Waals surface area contributed by atoms with Gasteiger partial charge in [-0.25, -0.2) is 0 Å². The van der Waals surface area contributed by atoms with E-state index in [-0.39, 0.29) is 0 Å². The van der Waals surface area contributed by atoms with E-state index >= 15 is 0 Å². The molecule has 2 aromatic rings. The van der Waals surface area contributed by atoms with Crippen LogP contribution in [0.4, 0.5) is 0 Å². The average molecular weight is 270 g/mol. The van der Waals surface area contributed by atoms with Gasteiger partial charge in [0.05, 0.1) is 7.11 Å². The van der Waals surface area contributed by atoms with E-state index in [9.17, 15) is 5.11 Å². The monoisotopic (exact) mass is 270 g/mol. The van der Waals surface area contributed by atoms with Crippen LogP contribution >= 0.6 is 0 Å². The number of methoxy groups -OCH3 is 1. The Labute approximate surface area is 121 Å². The number of aryl methyl sites for hydroxylation is 2. The van der Waals surface area contributed by atoms with Crippen LogP contribution in [0.1, 0.15) is 40.8 Å². The molecule has 0 aliphatic heterocycles. The molecule has 20 heavy (non-hydrogen) atoms. The molecule has 2 rings (SSSR count). The maximum absolute atomic E-state index is 10.6. The Morgan fingerprint density at radius 3 is 2.25 bits per heavy atom. The van der Waals surface area contributed by atoms with Gasteiger partial charge in [0.2, 0.25) is 0 Å². The summed E-state index contributed by atoms with van der Waals surface area (Å²) in [6.45, 7) is 6.19. The van der Waals surface area contributed by atoms with Crippen molar-refractivity contribution in [2.45, 2.75) is 33.3 Å². The third-order valence-electron chi connectivity index (χ3n) is 3.91. The molecule has 2 aromatic carbocycles. The van der Waals surface area contributed by atoms with Gasteiger partial charge >= 0.3 is 0 Å². The summed E-state index contributed by atoms with van der Waals surface area (Å²) in [6, 6.07) is 12.1. The van der Waals surface area contributed by atoms with Gasteiger partial charge in [-0.2, -0.15) is 0 Å². The highest BCUT2D eigenvalue weighted by Gasteiger charge is 2.17. The summed E-state index contributed by atoms with van der Waals surface area (Å²) < 4.78 is 5.48. The Hall–Kier alpha value is -1.80. The molecule has 0 aliphatic carbocycles. The maximum atomic E-state index is 10.6. The maximum Gasteiger partial charge on any atom is 0.128 e. The van der Waals surface area contributed by atoms with E-state index in [0.29, 0.717) is 0 Å². The molecule has 0 bridgehead atoms. The third-order valence-corrected chi connectivity index (χ3v) is 3.91. The van der Waals surface area contributed by atoms with Gasteiger partial charge in [-0.3, -0.25) is 0 Å². The van der Waals surface area contributed by atoms with Crippen molar-refractivity contribution in [1.82, 2.24) is 0 Å². The summed E-state index contributed by atoms with van der Waals surface area (Å²) in [6.07, 6.45) is 0.346. The number of benzene rings is 2. The molecule has 1 N–H and O–H groups in total. The Morgan fingerprint density at radius 1 is 1.05 bits per heavy atom. The molecule has 106 valence electrons. The van der Waals surface area contributed by atoms with Gasteiger partial charge in [0, 0.05) is 5.56 Å². The Balaban J connectivity index is 2.42. The first kappa shape index (κ1) is 14.6. The van der Waals surface area contributed by atoms with Crippen LogP contribution in [0.5, 0.6) is 5.75 Å². The predicted molar refractivity (Wildman–Crippen MR) is 82.3 cm³/mol. The minimum absolute atomic E-state index is 0.657. The lowest BCUT2D eigenvalue weighted by Crippen LogP contribution is -2.04. The average Bonchev–Trinajstić information content (AvgIpc) is 2.49. The molecule has 0 radical (unpaired) electrons. The van der Waals surface area contributed by atoms with Crippen LogP contribution < -0.4 is 4.74 Å². The van der Waals surface area contributed by atoms with Crippen LogP contribution in [-0.4, -0.2) is 12.2 Å². The first-order valence-corrected chi connectivity index (χ1v) is 6.99. The number of hydrogen-bond acceptors (Lipinski definition) is 2. The summed E-state index contributed by atoms with van der Waals surface area (Å²) in [4.78, 5) is 0. The smallest absolute Gasteiger partial charge is 0.128 e. The van der Waals surface area contributed by atoms with Crippen LogP contribution in [0.2, 0.25) is 0 Å². The van der Waals surface area contributed by atoms with E-state index in [4.69, 9.17) is 4.74 Å². The highest BCUT2D eigenvalue weighted by atomic mass is 16.5. The van der Waals surface area contributed by atoms with Crippen LogP contribution in [-0.2, 0) is 6.42 Å². The SMILES string of the molecule is CCc1ccc(C(O)c2ccc(C)c(C)c2OC)cc1. The van der Waals surface area contributed by atoms with Crippen molar-refractivity contribution < 1.29 is 9.84 Å². The second kappa shape index (κ2) is 6.10. The van der Waals surface area contributed by atoms with Crippen molar-refractivity contribution in [3.63, 3.8) is 0 Å². The van der Waals surface area contributed by atoms with Gasteiger partial charge in [-0.15, -0.1) is 0 Å². The molecule has 0 saturated heterocycles. The highest BCUT2D eigenvalue weighted by Crippen LogP contribution is 2.34. The van der Waals surface area contributed by atoms with Crippen molar-refractivity contribution in [2.24, 2.45) is 0 Å². The van der Waals surface area contributed by atoms with E-state index < -0.39 is 6.10 Å². The van der Waals surface area contributed by atoms with Crippen molar-refractivity contribution in [1.29, 1.82) is 0 Å². The van der Waals surface area contributed by atoms with Crippen LogP contribution in [0.25, 0.3) is 0 Å². The highest BCUT2D eigenvalue weighted by molar-refractivity contribution is 5.48. The number of aliphatic hydroxyl groups is 1. The van der Waals surface area contributed by atoms with Crippen LogP contribution in [0.15, 0.2) is 36.4 Å². The van der Waals surface area contributed by atoms with Crippen LogP contribution in [0.3, 0.4) is 0 Å². The lowest BCUT2D eigenvalue weighted by Gasteiger charge is -2.18. The lowest BCUT2D eigenvalue weighted by molar-refractivity contribution is 0.214. The first-order valence-electron chi connectivity index (χ1n) is 6.99. The van der Waals surface area contributed by atoms with Gasteiger partial charge in [0.25, 0.3) is 0 Å². The molecule has 0 fully saturated rings. The molecular weight excluding hydrogens is 248 g/mol. The summed E-state index contributed by atoms with van der Waals surface area (Å²) in [5.74, 6) is 0.775. The molecule has 2 heteroatoms. The zero-order valence-electron chi connectivity index (χ0n) is 12.6. The molecule has 0 aromatic heterocycles. The van der Waals surface area contributed by atoms with Crippen molar-refractivity contribution in [3.8, 4) is 5.75 Å². The normalized spacial score (nSPS) is 12.2. The molecule has 1 atom stereocenters. The number of rotatable bonds is 4. The largest absolute Gasteiger partial charge is 0.496 e. The summed E-state index contributed by atoms with van der Waals surface area (Å²) in [7, 11) is 1.65. The first-order chi connectivity index (χ1) is 9.58. The zero-order valence-corrected chi connectivity index (χ0v) is 12.6. The topological polar surface area (TPSA) is 29.5 Å². The molecular formula is C18H22O2. The van der Waals surface area contributed by atoms with Gasteiger partial charge in [-0.1, -0.05) is 43.3 Å². The molecule has 0 aliphatic rings. The molecule has 1 unspecified atom stereocenters. The molecule has 2 nitrogen and oxygen atoms in total. The van der Waals surface area contributed by atoms with Crippen molar-refractivity contribution >= 4 is 0 Å². The van der Waals surface area contributed by atoms with E-state index in [1.54, 1.807) is 7.11 Å². The number of aliphatic hydroxyl groups excluding tert-OH is 1. The van der Waals surface area contributed by atoms with Crippen molar-refractivity contribution in [3.05, 3.63) is 64.2 Å². The van der Waals surface area contributed by atoms with Gasteiger partial charge < -0.3 is 9.84 Å². The minimum Gasteiger partial charge on any atom is -0.496 e. The fraction of sp³-hybridized carbons (Fsp3) is 0.333. The number of ether oxygens (including phenoxy) is 1. The Bertz CT molecular complexity index is 585.